The van der Waals surface area contributed by atoms with Crippen LogP contribution < -0.4 is 10.6 Å². The Hall–Kier alpha value is -2.08. The van der Waals surface area contributed by atoms with Crippen molar-refractivity contribution in [2.75, 3.05) is 6.54 Å². The van der Waals surface area contributed by atoms with E-state index in [0.717, 1.165) is 19.3 Å². The van der Waals surface area contributed by atoms with Gasteiger partial charge in [0.25, 0.3) is 0 Å². The molecule has 2 unspecified atom stereocenters. The molecule has 2 amide bonds. The Kier molecular flexibility index (Phi) is 7.69. The highest BCUT2D eigenvalue weighted by molar-refractivity contribution is 5.79. The Bertz CT molecular complexity index is 689. The van der Waals surface area contributed by atoms with Crippen molar-refractivity contribution in [3.05, 3.63) is 35.4 Å². The maximum atomic E-state index is 12.5. The van der Waals surface area contributed by atoms with E-state index in [-0.39, 0.29) is 23.6 Å². The number of carbonyl (C=O) groups is 2. The molecule has 1 saturated carbocycles. The number of fused-ring (bicyclic) bond motifs is 1. The number of nitrogens with one attached hydrogen (secondary N) is 2. The van der Waals surface area contributed by atoms with Gasteiger partial charge in [-0.25, -0.2) is 4.79 Å². The molecule has 2 aliphatic rings. The van der Waals surface area contributed by atoms with Gasteiger partial charge in [0.1, 0.15) is 5.60 Å². The van der Waals surface area contributed by atoms with Gasteiger partial charge in [-0.1, -0.05) is 38.1 Å². The second kappa shape index (κ2) is 9.61. The van der Waals surface area contributed by atoms with Crippen molar-refractivity contribution in [2.45, 2.75) is 91.1 Å². The van der Waals surface area contributed by atoms with E-state index in [1.807, 2.05) is 58.6 Å². The summed E-state index contributed by atoms with van der Waals surface area (Å²) in [6.45, 7) is 13.5. The van der Waals surface area contributed by atoms with Crippen LogP contribution in [-0.2, 0) is 22.6 Å². The van der Waals surface area contributed by atoms with Gasteiger partial charge in [0.15, 0.2) is 0 Å². The van der Waals surface area contributed by atoms with Crippen LogP contribution in [0.15, 0.2) is 24.3 Å². The summed E-state index contributed by atoms with van der Waals surface area (Å²) in [6.07, 6.45) is 2.03. The van der Waals surface area contributed by atoms with E-state index in [0.29, 0.717) is 19.6 Å². The van der Waals surface area contributed by atoms with Gasteiger partial charge < -0.3 is 20.3 Å². The van der Waals surface area contributed by atoms with Crippen LogP contribution in [0.25, 0.3) is 0 Å². The van der Waals surface area contributed by atoms with E-state index in [1.165, 1.54) is 11.1 Å². The predicted octanol–water partition coefficient (Wildman–Crippen LogP) is 3.98. The monoisotopic (exact) mass is 403 g/mol. The van der Waals surface area contributed by atoms with Gasteiger partial charge in [0, 0.05) is 31.1 Å². The van der Waals surface area contributed by atoms with Gasteiger partial charge in [0.05, 0.1) is 6.54 Å². The maximum absolute atomic E-state index is 12.5. The number of amides is 2. The second-order valence-corrected chi connectivity index (χ2v) is 9.05. The molecule has 1 aliphatic heterocycles. The predicted molar refractivity (Wildman–Crippen MR) is 115 cm³/mol. The van der Waals surface area contributed by atoms with Crippen molar-refractivity contribution in [2.24, 2.45) is 0 Å². The van der Waals surface area contributed by atoms with Gasteiger partial charge in [-0.3, -0.25) is 4.79 Å². The Morgan fingerprint density at radius 2 is 1.76 bits per heavy atom. The highest BCUT2D eigenvalue weighted by Gasteiger charge is 2.39. The molecule has 29 heavy (non-hydrogen) atoms. The van der Waals surface area contributed by atoms with E-state index >= 15 is 0 Å². The minimum Gasteiger partial charge on any atom is -0.443 e. The Morgan fingerprint density at radius 3 is 2.31 bits per heavy atom. The van der Waals surface area contributed by atoms with Crippen LogP contribution in [0, 0.1) is 0 Å². The Balaban J connectivity index is 0.00000145. The number of carbonyl (C=O) groups excluding carboxylic acids is 2. The molecule has 0 saturated heterocycles. The average Bonchev–Trinajstić information content (AvgIpc) is 3.23. The number of nitrogens with zero attached hydrogens (tertiary/aromatic N) is 1. The number of benzene rings is 1. The maximum Gasteiger partial charge on any atom is 0.408 e. The summed E-state index contributed by atoms with van der Waals surface area (Å²) >= 11 is 0. The van der Waals surface area contributed by atoms with Gasteiger partial charge in [-0.2, -0.15) is 0 Å². The van der Waals surface area contributed by atoms with E-state index in [2.05, 4.69) is 22.8 Å². The largest absolute Gasteiger partial charge is 0.443 e. The van der Waals surface area contributed by atoms with Crippen molar-refractivity contribution in [3.8, 4) is 0 Å². The molecule has 1 aromatic rings. The van der Waals surface area contributed by atoms with Crippen LogP contribution in [0.3, 0.4) is 0 Å². The zero-order valence-corrected chi connectivity index (χ0v) is 18.8. The number of ether oxygens (including phenoxy) is 1. The van der Waals surface area contributed by atoms with E-state index in [4.69, 9.17) is 4.74 Å². The average molecular weight is 404 g/mol. The molecular formula is C23H37N3O3. The van der Waals surface area contributed by atoms with Gasteiger partial charge in [0.2, 0.25) is 5.91 Å². The molecule has 0 spiro atoms. The summed E-state index contributed by atoms with van der Waals surface area (Å²) in [7, 11) is 0. The molecule has 1 fully saturated rings. The van der Waals surface area contributed by atoms with Crippen molar-refractivity contribution in [1.29, 1.82) is 0 Å². The fourth-order valence-corrected chi connectivity index (χ4v) is 3.88. The highest BCUT2D eigenvalue weighted by Crippen LogP contribution is 2.33. The van der Waals surface area contributed by atoms with Crippen LogP contribution in [0.4, 0.5) is 4.79 Å². The van der Waals surface area contributed by atoms with E-state index < -0.39 is 5.60 Å². The normalized spacial score (nSPS) is 23.1. The number of hydrogen-bond acceptors (Lipinski definition) is 4. The standard InChI is InChI=1S/C21H31N3O3.C2H6/c1-20(2,3)23-19(26)27-21(4)10-9-17(11-21)22-12-18(25)24-13-15-7-5-6-8-16(15)14-24;1-2/h5-8,17,22H,9-14H2,1-4H3,(H,23,26);1-2H3. The third-order valence-electron chi connectivity index (χ3n) is 5.25. The summed E-state index contributed by atoms with van der Waals surface area (Å²) in [4.78, 5) is 26.5. The van der Waals surface area contributed by atoms with Crippen LogP contribution in [0.1, 0.15) is 71.9 Å². The fourth-order valence-electron chi connectivity index (χ4n) is 3.88. The third-order valence-corrected chi connectivity index (χ3v) is 5.25. The lowest BCUT2D eigenvalue weighted by molar-refractivity contribution is -0.131. The fraction of sp³-hybridized carbons (Fsp3) is 0.652. The molecule has 1 aliphatic carbocycles. The van der Waals surface area contributed by atoms with Crippen LogP contribution in [-0.4, -0.2) is 40.6 Å². The minimum atomic E-state index is -0.486. The topological polar surface area (TPSA) is 70.7 Å². The summed E-state index contributed by atoms with van der Waals surface area (Å²) in [6, 6.07) is 8.38. The summed E-state index contributed by atoms with van der Waals surface area (Å²) in [5.41, 5.74) is 1.67. The Morgan fingerprint density at radius 1 is 1.17 bits per heavy atom. The lowest BCUT2D eigenvalue weighted by Gasteiger charge is -2.28. The van der Waals surface area contributed by atoms with Crippen molar-refractivity contribution in [1.82, 2.24) is 15.5 Å². The van der Waals surface area contributed by atoms with E-state index in [9.17, 15) is 9.59 Å². The molecular weight excluding hydrogens is 366 g/mol. The summed E-state index contributed by atoms with van der Waals surface area (Å²) < 4.78 is 5.67. The van der Waals surface area contributed by atoms with Crippen LogP contribution >= 0.6 is 0 Å². The first-order valence-corrected chi connectivity index (χ1v) is 10.7. The zero-order valence-electron chi connectivity index (χ0n) is 18.8. The van der Waals surface area contributed by atoms with Crippen LogP contribution in [0.5, 0.6) is 0 Å². The second-order valence-electron chi connectivity index (χ2n) is 9.05. The first-order chi connectivity index (χ1) is 13.6. The summed E-state index contributed by atoms with van der Waals surface area (Å²) in [5, 5.41) is 6.20. The minimum absolute atomic E-state index is 0.117. The Labute approximate surface area is 175 Å². The molecule has 162 valence electrons. The molecule has 6 nitrogen and oxygen atoms in total. The molecule has 6 heteroatoms. The molecule has 0 radical (unpaired) electrons. The first-order valence-electron chi connectivity index (χ1n) is 10.7. The van der Waals surface area contributed by atoms with Crippen LogP contribution in [0.2, 0.25) is 0 Å². The quantitative estimate of drug-likeness (QED) is 0.798. The molecule has 3 rings (SSSR count). The lowest BCUT2D eigenvalue weighted by atomic mass is 10.1. The zero-order chi connectivity index (χ0) is 21.7. The van der Waals surface area contributed by atoms with Gasteiger partial charge in [-0.15, -0.1) is 0 Å². The van der Waals surface area contributed by atoms with Crippen molar-refractivity contribution >= 4 is 12.0 Å². The summed E-state index contributed by atoms with van der Waals surface area (Å²) in [5.74, 6) is 0.117. The molecule has 0 bridgehead atoms. The number of alkyl carbamates (subject to hydrolysis) is 1. The molecule has 2 atom stereocenters. The lowest BCUT2D eigenvalue weighted by Crippen LogP contribution is -2.45. The molecule has 1 aromatic carbocycles. The number of rotatable bonds is 4. The third kappa shape index (κ3) is 6.74. The van der Waals surface area contributed by atoms with Gasteiger partial charge >= 0.3 is 6.09 Å². The van der Waals surface area contributed by atoms with E-state index in [1.54, 1.807) is 0 Å². The van der Waals surface area contributed by atoms with Crippen molar-refractivity contribution < 1.29 is 14.3 Å². The van der Waals surface area contributed by atoms with Gasteiger partial charge in [-0.05, 0) is 51.7 Å². The molecule has 1 heterocycles. The SMILES string of the molecule is CC.CC(C)(C)NC(=O)OC1(C)CCC(NCC(=O)N2Cc3ccccc3C2)C1. The highest BCUT2D eigenvalue weighted by atomic mass is 16.6. The molecule has 2 N–H and O–H groups in total. The first kappa shape index (κ1) is 23.2. The number of hydrogen-bond donors (Lipinski definition) is 2. The smallest absolute Gasteiger partial charge is 0.408 e. The molecule has 0 aromatic heterocycles. The van der Waals surface area contributed by atoms with Crippen molar-refractivity contribution in [3.63, 3.8) is 0 Å².